The molecule has 5 nitrogen and oxygen atoms in total. The summed E-state index contributed by atoms with van der Waals surface area (Å²) in [5, 5.41) is 18.4. The van der Waals surface area contributed by atoms with Crippen molar-refractivity contribution >= 4 is 11.5 Å². The Balaban J connectivity index is 2.31. The van der Waals surface area contributed by atoms with Crippen molar-refractivity contribution in [3.05, 3.63) is 59.3 Å². The first kappa shape index (κ1) is 19.3. The average Bonchev–Trinajstić information content (AvgIpc) is 2.98. The van der Waals surface area contributed by atoms with Gasteiger partial charge in [-0.1, -0.05) is 12.1 Å². The number of carbonyl (C=O) groups is 1. The Morgan fingerprint density at radius 2 is 1.86 bits per heavy atom. The molecule has 0 aliphatic rings. The number of alkyl halides is 3. The zero-order valence-electron chi connectivity index (χ0n) is 14.9. The number of nitriles is 1. The van der Waals surface area contributed by atoms with Crippen LogP contribution in [0.1, 0.15) is 35.3 Å². The molecule has 0 saturated heterocycles. The predicted octanol–water partition coefficient (Wildman–Crippen LogP) is 4.98. The van der Waals surface area contributed by atoms with Gasteiger partial charge in [0, 0.05) is 6.20 Å². The number of aromatic carboxylic acids is 1. The molecule has 0 bridgehead atoms. The molecule has 0 aliphatic carbocycles. The molecule has 0 amide bonds. The fraction of sp³-hybridized carbons (Fsp3) is 0.200. The van der Waals surface area contributed by atoms with E-state index in [-0.39, 0.29) is 22.4 Å². The van der Waals surface area contributed by atoms with Crippen LogP contribution in [0.5, 0.6) is 5.75 Å². The Morgan fingerprint density at radius 3 is 2.36 bits per heavy atom. The third-order valence-electron chi connectivity index (χ3n) is 4.09. The van der Waals surface area contributed by atoms with E-state index in [2.05, 4.69) is 0 Å². The standard InChI is InChI=1S/C20H15F3N2O3/c1-11(2)28-16-7-8-25-15(12-3-5-13(6-4-12)19(26)27)9-14(10-24)18(25)17(16)20(21,22)23/h3-9,11H,1-2H3,(H,26,27). The summed E-state index contributed by atoms with van der Waals surface area (Å²) in [6.07, 6.45) is -3.81. The van der Waals surface area contributed by atoms with Gasteiger partial charge in [0.25, 0.3) is 0 Å². The molecule has 0 fully saturated rings. The number of benzene rings is 1. The molecule has 2 aromatic heterocycles. The van der Waals surface area contributed by atoms with Crippen LogP contribution in [0.15, 0.2) is 42.6 Å². The maximum absolute atomic E-state index is 13.8. The minimum absolute atomic E-state index is 0.0497. The normalized spacial score (nSPS) is 11.6. The molecule has 144 valence electrons. The Morgan fingerprint density at radius 1 is 1.21 bits per heavy atom. The highest BCUT2D eigenvalue weighted by molar-refractivity contribution is 5.88. The highest BCUT2D eigenvalue weighted by Crippen LogP contribution is 2.42. The molecular formula is C20H15F3N2O3. The second-order valence-corrected chi connectivity index (χ2v) is 6.38. The third kappa shape index (κ3) is 3.39. The smallest absolute Gasteiger partial charge is 0.422 e. The minimum Gasteiger partial charge on any atom is -0.490 e. The lowest BCUT2D eigenvalue weighted by Gasteiger charge is -2.18. The van der Waals surface area contributed by atoms with Crippen LogP contribution in [0, 0.1) is 11.3 Å². The molecule has 1 N–H and O–H groups in total. The van der Waals surface area contributed by atoms with Crippen molar-refractivity contribution in [3.8, 4) is 23.1 Å². The fourth-order valence-electron chi connectivity index (χ4n) is 2.99. The van der Waals surface area contributed by atoms with Gasteiger partial charge in [-0.05, 0) is 43.7 Å². The Bertz CT molecular complexity index is 1090. The zero-order chi connectivity index (χ0) is 20.6. The summed E-state index contributed by atoms with van der Waals surface area (Å²) in [5.74, 6) is -1.46. The molecule has 8 heteroatoms. The van der Waals surface area contributed by atoms with Crippen molar-refractivity contribution in [1.82, 2.24) is 4.40 Å². The molecule has 2 heterocycles. The van der Waals surface area contributed by atoms with Gasteiger partial charge in [-0.15, -0.1) is 0 Å². The van der Waals surface area contributed by atoms with Crippen molar-refractivity contribution in [1.29, 1.82) is 5.26 Å². The van der Waals surface area contributed by atoms with Crippen LogP contribution in [0.4, 0.5) is 13.2 Å². The van der Waals surface area contributed by atoms with Crippen LogP contribution in [0.25, 0.3) is 16.8 Å². The summed E-state index contributed by atoms with van der Waals surface area (Å²) in [4.78, 5) is 11.0. The number of fused-ring (bicyclic) bond motifs is 1. The van der Waals surface area contributed by atoms with E-state index in [4.69, 9.17) is 9.84 Å². The molecule has 0 saturated carbocycles. The number of ether oxygens (including phenoxy) is 1. The number of hydrogen-bond acceptors (Lipinski definition) is 3. The minimum atomic E-state index is -4.73. The summed E-state index contributed by atoms with van der Waals surface area (Å²) >= 11 is 0. The number of carboxylic acid groups (broad SMARTS) is 1. The zero-order valence-corrected chi connectivity index (χ0v) is 14.9. The Labute approximate surface area is 158 Å². The lowest BCUT2D eigenvalue weighted by atomic mass is 10.1. The molecule has 3 rings (SSSR count). The highest BCUT2D eigenvalue weighted by Gasteiger charge is 2.39. The van der Waals surface area contributed by atoms with Gasteiger partial charge >= 0.3 is 12.1 Å². The molecule has 0 unspecified atom stereocenters. The van der Waals surface area contributed by atoms with E-state index in [1.165, 1.54) is 47.0 Å². The number of aromatic nitrogens is 1. The van der Waals surface area contributed by atoms with E-state index in [0.29, 0.717) is 11.3 Å². The monoisotopic (exact) mass is 388 g/mol. The van der Waals surface area contributed by atoms with E-state index in [9.17, 15) is 23.2 Å². The number of halogens is 3. The van der Waals surface area contributed by atoms with Crippen molar-refractivity contribution in [2.75, 3.05) is 0 Å². The number of carboxylic acids is 1. The third-order valence-corrected chi connectivity index (χ3v) is 4.09. The van der Waals surface area contributed by atoms with E-state index in [1.807, 2.05) is 6.07 Å². The lowest BCUT2D eigenvalue weighted by Crippen LogP contribution is -2.14. The topological polar surface area (TPSA) is 74.7 Å². The van der Waals surface area contributed by atoms with Crippen molar-refractivity contribution in [3.63, 3.8) is 0 Å². The van der Waals surface area contributed by atoms with Gasteiger partial charge in [0.2, 0.25) is 0 Å². The van der Waals surface area contributed by atoms with Gasteiger partial charge in [-0.2, -0.15) is 18.4 Å². The maximum Gasteiger partial charge on any atom is 0.422 e. The SMILES string of the molecule is CC(C)Oc1ccn2c(-c3ccc(C(=O)O)cc3)cc(C#N)c2c1C(F)(F)F. The molecule has 0 spiro atoms. The van der Waals surface area contributed by atoms with Gasteiger partial charge in [-0.25, -0.2) is 4.79 Å². The van der Waals surface area contributed by atoms with Crippen LogP contribution < -0.4 is 4.74 Å². The fourth-order valence-corrected chi connectivity index (χ4v) is 2.99. The Hall–Kier alpha value is -3.47. The quantitative estimate of drug-likeness (QED) is 0.684. The van der Waals surface area contributed by atoms with Crippen molar-refractivity contribution < 1.29 is 27.8 Å². The molecule has 28 heavy (non-hydrogen) atoms. The first-order valence-corrected chi connectivity index (χ1v) is 8.29. The highest BCUT2D eigenvalue weighted by atomic mass is 19.4. The molecule has 1 aromatic carbocycles. The number of pyridine rings is 1. The number of rotatable bonds is 4. The summed E-state index contributed by atoms with van der Waals surface area (Å²) < 4.78 is 48.1. The molecule has 0 atom stereocenters. The second-order valence-electron chi connectivity index (χ2n) is 6.38. The first-order valence-electron chi connectivity index (χ1n) is 8.29. The van der Waals surface area contributed by atoms with Gasteiger partial charge in [0.15, 0.2) is 0 Å². The summed E-state index contributed by atoms with van der Waals surface area (Å²) in [5.41, 5.74) is -0.607. The van der Waals surface area contributed by atoms with Gasteiger partial charge in [0.05, 0.1) is 28.4 Å². The van der Waals surface area contributed by atoms with Crippen LogP contribution >= 0.6 is 0 Å². The molecule has 0 radical (unpaired) electrons. The maximum atomic E-state index is 13.8. The van der Waals surface area contributed by atoms with Crippen molar-refractivity contribution in [2.24, 2.45) is 0 Å². The summed E-state index contributed by atoms with van der Waals surface area (Å²) in [6.45, 7) is 3.23. The lowest BCUT2D eigenvalue weighted by molar-refractivity contribution is -0.138. The molecule has 3 aromatic rings. The van der Waals surface area contributed by atoms with E-state index >= 15 is 0 Å². The van der Waals surface area contributed by atoms with E-state index < -0.39 is 23.8 Å². The van der Waals surface area contributed by atoms with Gasteiger partial charge in [-0.3, -0.25) is 0 Å². The summed E-state index contributed by atoms with van der Waals surface area (Å²) in [6, 6.07) is 10.0. The number of hydrogen-bond donors (Lipinski definition) is 1. The molecular weight excluding hydrogens is 373 g/mol. The van der Waals surface area contributed by atoms with Crippen LogP contribution in [-0.2, 0) is 6.18 Å². The van der Waals surface area contributed by atoms with Crippen molar-refractivity contribution in [2.45, 2.75) is 26.1 Å². The van der Waals surface area contributed by atoms with Crippen LogP contribution in [0.2, 0.25) is 0 Å². The average molecular weight is 388 g/mol. The van der Waals surface area contributed by atoms with Crippen LogP contribution in [-0.4, -0.2) is 21.6 Å². The number of nitrogens with zero attached hydrogens (tertiary/aromatic N) is 2. The van der Waals surface area contributed by atoms with E-state index in [1.54, 1.807) is 13.8 Å². The second kappa shape index (κ2) is 6.93. The Kier molecular flexibility index (Phi) is 4.77. The van der Waals surface area contributed by atoms with Gasteiger partial charge in [0.1, 0.15) is 17.4 Å². The largest absolute Gasteiger partial charge is 0.490 e. The predicted molar refractivity (Wildman–Crippen MR) is 95.3 cm³/mol. The van der Waals surface area contributed by atoms with Gasteiger partial charge < -0.3 is 14.2 Å². The molecule has 0 aliphatic heterocycles. The first-order chi connectivity index (χ1) is 13.1. The van der Waals surface area contributed by atoms with E-state index in [0.717, 1.165) is 0 Å². The summed E-state index contributed by atoms with van der Waals surface area (Å²) in [7, 11) is 0. The van der Waals surface area contributed by atoms with Crippen LogP contribution in [0.3, 0.4) is 0 Å².